The zero-order valence-electron chi connectivity index (χ0n) is 21.2. The van der Waals surface area contributed by atoms with E-state index in [1.165, 1.54) is 6.08 Å². The van der Waals surface area contributed by atoms with Crippen LogP contribution in [0.1, 0.15) is 56.0 Å². The van der Waals surface area contributed by atoms with Gasteiger partial charge in [0.15, 0.2) is 11.6 Å². The van der Waals surface area contributed by atoms with Crippen LogP contribution in [0.4, 0.5) is 0 Å². The Hall–Kier alpha value is -3.40. The van der Waals surface area contributed by atoms with Gasteiger partial charge in [-0.25, -0.2) is 0 Å². The molecule has 0 bridgehead atoms. The SMILES string of the molecule is CCC/C(O)=C/C(=O)CC(C)C.O=C1c2ccccc2-c2c1c(-c1[c-]cccc1)nc1ccccc21.[Ir]. The molecule has 1 heterocycles. The van der Waals surface area contributed by atoms with Crippen LogP contribution < -0.4 is 0 Å². The molecule has 1 N–H and O–H groups in total. The summed E-state index contributed by atoms with van der Waals surface area (Å²) in [7, 11) is 0. The standard InChI is InChI=1S/C22H12NO.C10H18O2.Ir/c24-22-16-11-5-4-10-15(16)19-17-12-6-7-13-18(17)23-21(20(19)22)14-8-2-1-3-9-14;1-4-5-9(11)7-10(12)6-8(2)3;/h1-8,10-13H;7-8,11H,4-6H2,1-3H3;/q-1;;/b;9-7-;. The Labute approximate surface area is 231 Å². The molecular weight excluding hydrogens is 639 g/mol. The van der Waals surface area contributed by atoms with Crippen molar-refractivity contribution in [2.75, 3.05) is 0 Å². The average molecular weight is 669 g/mol. The van der Waals surface area contributed by atoms with Crippen molar-refractivity contribution in [2.24, 2.45) is 5.92 Å². The summed E-state index contributed by atoms with van der Waals surface area (Å²) in [4.78, 5) is 29.0. The molecule has 5 rings (SSSR count). The van der Waals surface area contributed by atoms with Crippen LogP contribution in [-0.4, -0.2) is 21.7 Å². The molecule has 191 valence electrons. The van der Waals surface area contributed by atoms with Gasteiger partial charge in [-0.2, -0.15) is 0 Å². The number of carbonyl (C=O) groups excluding carboxylic acids is 2. The molecule has 0 saturated carbocycles. The van der Waals surface area contributed by atoms with E-state index in [0.717, 1.165) is 39.6 Å². The second-order valence-electron chi connectivity index (χ2n) is 9.33. The largest absolute Gasteiger partial charge is 0.512 e. The van der Waals surface area contributed by atoms with Crippen molar-refractivity contribution in [1.82, 2.24) is 4.98 Å². The first kappa shape index (κ1) is 28.2. The Kier molecular flexibility index (Phi) is 9.68. The summed E-state index contributed by atoms with van der Waals surface area (Å²) in [5.74, 6) is 0.647. The van der Waals surface area contributed by atoms with E-state index in [-0.39, 0.29) is 37.4 Å². The quantitative estimate of drug-likeness (QED) is 0.114. The van der Waals surface area contributed by atoms with Gasteiger partial charge in [-0.3, -0.25) is 14.6 Å². The van der Waals surface area contributed by atoms with E-state index in [2.05, 4.69) is 6.07 Å². The number of nitrogens with zero attached hydrogens (tertiary/aromatic N) is 1. The van der Waals surface area contributed by atoms with Gasteiger partial charge in [0.25, 0.3) is 0 Å². The van der Waals surface area contributed by atoms with Crippen LogP contribution in [-0.2, 0) is 24.9 Å². The Balaban J connectivity index is 0.000000253. The number of hydrogen-bond donors (Lipinski definition) is 1. The minimum atomic E-state index is 0. The molecule has 0 aliphatic heterocycles. The van der Waals surface area contributed by atoms with Gasteiger partial charge in [0.1, 0.15) is 0 Å². The Morgan fingerprint density at radius 3 is 2.32 bits per heavy atom. The first-order valence-electron chi connectivity index (χ1n) is 12.4. The number of pyridine rings is 1. The van der Waals surface area contributed by atoms with Crippen LogP contribution in [0.2, 0.25) is 0 Å². The zero-order chi connectivity index (χ0) is 25.7. The number of aliphatic hydroxyl groups is 1. The van der Waals surface area contributed by atoms with Crippen LogP contribution in [0.5, 0.6) is 0 Å². The van der Waals surface area contributed by atoms with Crippen molar-refractivity contribution in [3.8, 4) is 22.4 Å². The molecule has 3 aromatic carbocycles. The maximum atomic E-state index is 13.1. The molecular formula is C32H30IrNO3-. The number of aliphatic hydroxyl groups excluding tert-OH is 1. The van der Waals surface area contributed by atoms with Gasteiger partial charge >= 0.3 is 0 Å². The van der Waals surface area contributed by atoms with Crippen molar-refractivity contribution >= 4 is 22.5 Å². The van der Waals surface area contributed by atoms with Gasteiger partial charge in [0, 0.05) is 61.2 Å². The zero-order valence-corrected chi connectivity index (χ0v) is 23.6. The van der Waals surface area contributed by atoms with Crippen molar-refractivity contribution in [2.45, 2.75) is 40.0 Å². The fraction of sp³-hybridized carbons (Fsp3) is 0.219. The number of rotatable bonds is 6. The molecule has 4 aromatic rings. The third kappa shape index (κ3) is 6.30. The Morgan fingerprint density at radius 2 is 1.65 bits per heavy atom. The molecule has 1 aliphatic rings. The van der Waals surface area contributed by atoms with E-state index in [4.69, 9.17) is 4.98 Å². The van der Waals surface area contributed by atoms with Crippen molar-refractivity contribution in [3.63, 3.8) is 0 Å². The minimum Gasteiger partial charge on any atom is -0.512 e. The third-order valence-electron chi connectivity index (χ3n) is 5.97. The average Bonchev–Trinajstić information content (AvgIpc) is 3.17. The topological polar surface area (TPSA) is 67.3 Å². The molecule has 0 amide bonds. The molecule has 1 aromatic heterocycles. The molecule has 1 radical (unpaired) electrons. The Bertz CT molecular complexity index is 1440. The van der Waals surface area contributed by atoms with Gasteiger partial charge < -0.3 is 5.11 Å². The molecule has 0 fully saturated rings. The van der Waals surface area contributed by atoms with E-state index in [0.29, 0.717) is 30.0 Å². The molecule has 4 nitrogen and oxygen atoms in total. The predicted molar refractivity (Wildman–Crippen MR) is 145 cm³/mol. The predicted octanol–water partition coefficient (Wildman–Crippen LogP) is 7.75. The fourth-order valence-electron chi connectivity index (χ4n) is 4.46. The third-order valence-corrected chi connectivity index (χ3v) is 5.97. The van der Waals surface area contributed by atoms with Crippen LogP contribution >= 0.6 is 0 Å². The molecule has 1 aliphatic carbocycles. The minimum absolute atomic E-state index is 0. The van der Waals surface area contributed by atoms with Crippen molar-refractivity contribution < 1.29 is 34.8 Å². The smallest absolute Gasteiger partial charge is 0.187 e. The first-order chi connectivity index (χ1) is 17.4. The molecule has 5 heteroatoms. The second-order valence-corrected chi connectivity index (χ2v) is 9.33. The van der Waals surface area contributed by atoms with Crippen LogP contribution in [0.25, 0.3) is 33.3 Å². The molecule has 0 saturated heterocycles. The van der Waals surface area contributed by atoms with Crippen LogP contribution in [0.3, 0.4) is 0 Å². The fourth-order valence-corrected chi connectivity index (χ4v) is 4.46. The van der Waals surface area contributed by atoms with E-state index in [1.807, 2.05) is 93.6 Å². The molecule has 0 spiro atoms. The van der Waals surface area contributed by atoms with E-state index in [1.54, 1.807) is 0 Å². The molecule has 37 heavy (non-hydrogen) atoms. The van der Waals surface area contributed by atoms with Gasteiger partial charge in [0.2, 0.25) is 0 Å². The summed E-state index contributed by atoms with van der Waals surface area (Å²) < 4.78 is 0. The first-order valence-corrected chi connectivity index (χ1v) is 12.4. The number of hydrogen-bond acceptors (Lipinski definition) is 4. The number of para-hydroxylation sites is 1. The summed E-state index contributed by atoms with van der Waals surface area (Å²) in [6.45, 7) is 5.95. The van der Waals surface area contributed by atoms with Crippen molar-refractivity contribution in [1.29, 1.82) is 0 Å². The number of allylic oxidation sites excluding steroid dienone is 2. The number of ketones is 2. The maximum absolute atomic E-state index is 13.1. The van der Waals surface area contributed by atoms with Gasteiger partial charge in [-0.05, 0) is 29.5 Å². The maximum Gasteiger partial charge on any atom is 0.187 e. The normalized spacial score (nSPS) is 11.9. The number of fused-ring (bicyclic) bond motifs is 5. The summed E-state index contributed by atoms with van der Waals surface area (Å²) in [6, 6.07) is 26.7. The van der Waals surface area contributed by atoms with E-state index >= 15 is 0 Å². The number of benzene rings is 3. The van der Waals surface area contributed by atoms with Crippen molar-refractivity contribution in [3.05, 3.63) is 102 Å². The summed E-state index contributed by atoms with van der Waals surface area (Å²) in [5.41, 5.74) is 5.89. The monoisotopic (exact) mass is 669 g/mol. The van der Waals surface area contributed by atoms with Gasteiger partial charge in [-0.1, -0.05) is 63.2 Å². The van der Waals surface area contributed by atoms with Gasteiger partial charge in [-0.15, -0.1) is 35.9 Å². The molecule has 0 atom stereocenters. The summed E-state index contributed by atoms with van der Waals surface area (Å²) >= 11 is 0. The number of carbonyl (C=O) groups is 2. The summed E-state index contributed by atoms with van der Waals surface area (Å²) in [6.07, 6.45) is 3.35. The van der Waals surface area contributed by atoms with Gasteiger partial charge in [0.05, 0.1) is 11.3 Å². The van der Waals surface area contributed by atoms with Crippen LogP contribution in [0, 0.1) is 12.0 Å². The van der Waals surface area contributed by atoms with E-state index < -0.39 is 0 Å². The van der Waals surface area contributed by atoms with E-state index in [9.17, 15) is 14.7 Å². The second kappa shape index (κ2) is 12.7. The summed E-state index contributed by atoms with van der Waals surface area (Å²) in [5, 5.41) is 10.2. The number of aromatic nitrogens is 1. The Morgan fingerprint density at radius 1 is 0.973 bits per heavy atom. The van der Waals surface area contributed by atoms with Crippen LogP contribution in [0.15, 0.2) is 84.6 Å². The molecule has 0 unspecified atom stereocenters.